The summed E-state index contributed by atoms with van der Waals surface area (Å²) in [5.41, 5.74) is -0.289. The van der Waals surface area contributed by atoms with Crippen molar-refractivity contribution in [1.82, 2.24) is 0 Å². The van der Waals surface area contributed by atoms with Crippen LogP contribution in [0.5, 0.6) is 0 Å². The summed E-state index contributed by atoms with van der Waals surface area (Å²) in [6, 6.07) is 3.06. The van der Waals surface area contributed by atoms with Crippen LogP contribution < -0.4 is 0 Å². The lowest BCUT2D eigenvalue weighted by molar-refractivity contribution is -0.140. The van der Waals surface area contributed by atoms with E-state index in [0.29, 0.717) is 27.8 Å². The number of hydrogen-bond donors (Lipinski definition) is 1. The Labute approximate surface area is 105 Å². The number of thioether (sulfide) groups is 1. The predicted octanol–water partition coefficient (Wildman–Crippen LogP) is 3.43. The van der Waals surface area contributed by atoms with E-state index < -0.39 is 11.4 Å². The van der Waals surface area contributed by atoms with Crippen LogP contribution in [-0.4, -0.2) is 17.3 Å². The third-order valence-corrected chi connectivity index (χ3v) is 4.63. The second-order valence-electron chi connectivity index (χ2n) is 3.86. The Bertz CT molecular complexity index is 434. The molecule has 0 atom stereocenters. The molecule has 0 amide bonds. The molecule has 5 heteroatoms. The maximum atomic E-state index is 13.7. The third kappa shape index (κ3) is 1.76. The molecule has 16 heavy (non-hydrogen) atoms. The molecule has 1 fully saturated rings. The van der Waals surface area contributed by atoms with E-state index in [1.807, 2.05) is 0 Å². The zero-order valence-electron chi connectivity index (χ0n) is 8.59. The van der Waals surface area contributed by atoms with Crippen LogP contribution in [0.15, 0.2) is 21.5 Å². The SMILES string of the molecule is CSc1c(F)cc(C2(C(=O)O)CC2)cc1Br. The topological polar surface area (TPSA) is 37.3 Å². The quantitative estimate of drug-likeness (QED) is 0.869. The van der Waals surface area contributed by atoms with Gasteiger partial charge < -0.3 is 5.11 Å². The van der Waals surface area contributed by atoms with E-state index in [9.17, 15) is 9.18 Å². The lowest BCUT2D eigenvalue weighted by Crippen LogP contribution is -2.19. The van der Waals surface area contributed by atoms with E-state index in [0.717, 1.165) is 0 Å². The fraction of sp³-hybridized carbons (Fsp3) is 0.364. The van der Waals surface area contributed by atoms with Crippen LogP contribution in [0.2, 0.25) is 0 Å². The van der Waals surface area contributed by atoms with Crippen molar-refractivity contribution in [2.75, 3.05) is 6.26 Å². The van der Waals surface area contributed by atoms with E-state index in [-0.39, 0.29) is 5.82 Å². The van der Waals surface area contributed by atoms with E-state index in [4.69, 9.17) is 5.11 Å². The Balaban J connectivity index is 2.49. The van der Waals surface area contributed by atoms with Gasteiger partial charge in [-0.05, 0) is 52.7 Å². The van der Waals surface area contributed by atoms with Crippen molar-refractivity contribution in [2.45, 2.75) is 23.2 Å². The van der Waals surface area contributed by atoms with E-state index in [1.54, 1.807) is 12.3 Å². The molecule has 0 unspecified atom stereocenters. The normalized spacial score (nSPS) is 17.2. The van der Waals surface area contributed by atoms with E-state index in [2.05, 4.69) is 15.9 Å². The molecule has 1 aliphatic rings. The smallest absolute Gasteiger partial charge is 0.314 e. The highest BCUT2D eigenvalue weighted by atomic mass is 79.9. The molecule has 0 aliphatic heterocycles. The average Bonchev–Trinajstić information content (AvgIpc) is 2.97. The van der Waals surface area contributed by atoms with E-state index >= 15 is 0 Å². The first kappa shape index (κ1) is 11.9. The molecule has 2 rings (SSSR count). The molecule has 1 N–H and O–H groups in total. The van der Waals surface area contributed by atoms with E-state index in [1.165, 1.54) is 17.8 Å². The summed E-state index contributed by atoms with van der Waals surface area (Å²) in [6.07, 6.45) is 2.96. The van der Waals surface area contributed by atoms with Crippen molar-refractivity contribution < 1.29 is 14.3 Å². The van der Waals surface area contributed by atoms with Crippen LogP contribution in [0.3, 0.4) is 0 Å². The monoisotopic (exact) mass is 304 g/mol. The summed E-state index contributed by atoms with van der Waals surface area (Å²) in [4.78, 5) is 11.6. The molecule has 0 radical (unpaired) electrons. The summed E-state index contributed by atoms with van der Waals surface area (Å²) in [5, 5.41) is 9.12. The van der Waals surface area contributed by atoms with Crippen molar-refractivity contribution in [3.8, 4) is 0 Å². The van der Waals surface area contributed by atoms with Gasteiger partial charge in [0.1, 0.15) is 5.82 Å². The van der Waals surface area contributed by atoms with Crippen LogP contribution in [0.1, 0.15) is 18.4 Å². The predicted molar refractivity (Wildman–Crippen MR) is 64.4 cm³/mol. The number of rotatable bonds is 3. The highest BCUT2D eigenvalue weighted by molar-refractivity contribution is 9.10. The highest BCUT2D eigenvalue weighted by Gasteiger charge is 2.52. The first-order chi connectivity index (χ1) is 7.51. The molecule has 1 saturated carbocycles. The molecule has 0 bridgehead atoms. The minimum absolute atomic E-state index is 0.357. The molecular weight excluding hydrogens is 295 g/mol. The third-order valence-electron chi connectivity index (χ3n) is 2.91. The molecule has 0 spiro atoms. The van der Waals surface area contributed by atoms with Gasteiger partial charge in [-0.25, -0.2) is 4.39 Å². The van der Waals surface area contributed by atoms with Gasteiger partial charge in [0, 0.05) is 4.47 Å². The Kier molecular flexibility index (Phi) is 3.01. The molecule has 0 aromatic heterocycles. The summed E-state index contributed by atoms with van der Waals surface area (Å²) in [5.74, 6) is -1.22. The van der Waals surface area contributed by atoms with Gasteiger partial charge in [0.15, 0.2) is 0 Å². The first-order valence-electron chi connectivity index (χ1n) is 4.78. The summed E-state index contributed by atoms with van der Waals surface area (Å²) in [7, 11) is 0. The maximum absolute atomic E-state index is 13.7. The minimum atomic E-state index is -0.865. The van der Waals surface area contributed by atoms with Crippen LogP contribution in [0, 0.1) is 5.82 Å². The number of carbonyl (C=O) groups is 1. The highest BCUT2D eigenvalue weighted by Crippen LogP contribution is 2.49. The zero-order chi connectivity index (χ0) is 11.9. The van der Waals surface area contributed by atoms with Crippen molar-refractivity contribution in [3.63, 3.8) is 0 Å². The van der Waals surface area contributed by atoms with Gasteiger partial charge >= 0.3 is 5.97 Å². The summed E-state index contributed by atoms with van der Waals surface area (Å²) in [6.45, 7) is 0. The molecule has 1 aromatic carbocycles. The van der Waals surface area contributed by atoms with Gasteiger partial charge in [-0.1, -0.05) is 0 Å². The Morgan fingerprint density at radius 3 is 2.56 bits per heavy atom. The van der Waals surface area contributed by atoms with Gasteiger partial charge in [0.05, 0.1) is 10.3 Å². The zero-order valence-corrected chi connectivity index (χ0v) is 11.0. The largest absolute Gasteiger partial charge is 0.481 e. The number of benzene rings is 1. The van der Waals surface area contributed by atoms with Gasteiger partial charge in [0.2, 0.25) is 0 Å². The van der Waals surface area contributed by atoms with Gasteiger partial charge in [0.25, 0.3) is 0 Å². The van der Waals surface area contributed by atoms with Crippen LogP contribution in [0.4, 0.5) is 4.39 Å². The molecule has 0 saturated heterocycles. The number of halogens is 2. The second kappa shape index (κ2) is 4.04. The lowest BCUT2D eigenvalue weighted by atomic mass is 9.96. The van der Waals surface area contributed by atoms with Crippen LogP contribution >= 0.6 is 27.7 Å². The fourth-order valence-corrected chi connectivity index (χ4v) is 3.21. The number of carboxylic acids is 1. The summed E-state index contributed by atoms with van der Waals surface area (Å²) < 4.78 is 14.3. The van der Waals surface area contributed by atoms with Crippen molar-refractivity contribution in [3.05, 3.63) is 28.0 Å². The molecule has 86 valence electrons. The molecule has 2 nitrogen and oxygen atoms in total. The molecule has 1 aliphatic carbocycles. The maximum Gasteiger partial charge on any atom is 0.314 e. The number of hydrogen-bond acceptors (Lipinski definition) is 2. The van der Waals surface area contributed by atoms with Crippen molar-refractivity contribution in [1.29, 1.82) is 0 Å². The van der Waals surface area contributed by atoms with Gasteiger partial charge in [-0.15, -0.1) is 11.8 Å². The van der Waals surface area contributed by atoms with Crippen molar-refractivity contribution in [2.24, 2.45) is 0 Å². The summed E-state index contributed by atoms with van der Waals surface area (Å²) >= 11 is 4.57. The molecular formula is C11H10BrFO2S. The standard InChI is InChI=1S/C11H10BrFO2S/c1-16-9-7(12)4-6(5-8(9)13)11(2-3-11)10(14)15/h4-5H,2-3H2,1H3,(H,14,15). The fourth-order valence-electron chi connectivity index (χ4n) is 1.78. The van der Waals surface area contributed by atoms with Crippen LogP contribution in [-0.2, 0) is 10.2 Å². The molecule has 0 heterocycles. The lowest BCUT2D eigenvalue weighted by Gasteiger charge is -2.12. The Hall–Kier alpha value is -0.550. The number of carboxylic acid groups (broad SMARTS) is 1. The van der Waals surface area contributed by atoms with Crippen molar-refractivity contribution >= 4 is 33.7 Å². The average molecular weight is 305 g/mol. The second-order valence-corrected chi connectivity index (χ2v) is 5.53. The first-order valence-corrected chi connectivity index (χ1v) is 6.80. The van der Waals surface area contributed by atoms with Gasteiger partial charge in [-0.2, -0.15) is 0 Å². The molecule has 1 aromatic rings. The minimum Gasteiger partial charge on any atom is -0.481 e. The Morgan fingerprint density at radius 1 is 1.56 bits per heavy atom. The van der Waals surface area contributed by atoms with Gasteiger partial charge in [-0.3, -0.25) is 4.79 Å². The Morgan fingerprint density at radius 2 is 2.19 bits per heavy atom. The number of aliphatic carboxylic acids is 1. The van der Waals surface area contributed by atoms with Crippen LogP contribution in [0.25, 0.3) is 0 Å².